The van der Waals surface area contributed by atoms with Crippen LogP contribution < -0.4 is 10.6 Å². The smallest absolute Gasteiger partial charge is 0.221 e. The minimum Gasteiger partial charge on any atom is -0.356 e. The summed E-state index contributed by atoms with van der Waals surface area (Å²) in [7, 11) is 3.32. The Morgan fingerprint density at radius 2 is 1.89 bits per heavy atom. The average molecular weight is 297 g/mol. The molecule has 0 fully saturated rings. The molecule has 0 saturated heterocycles. The molecule has 0 aliphatic heterocycles. The summed E-state index contributed by atoms with van der Waals surface area (Å²) in [6, 6.07) is 0.195. The second-order valence-electron chi connectivity index (χ2n) is 4.36. The fourth-order valence-corrected chi connectivity index (χ4v) is 3.52. The molecule has 0 aromatic carbocycles. The first kappa shape index (κ1) is 17.6. The van der Waals surface area contributed by atoms with Crippen molar-refractivity contribution in [2.24, 2.45) is 0 Å². The van der Waals surface area contributed by atoms with Crippen molar-refractivity contribution < 1.29 is 12.4 Å². The van der Waals surface area contributed by atoms with Crippen molar-refractivity contribution in [2.75, 3.05) is 12.3 Å². The van der Waals surface area contributed by atoms with E-state index >= 15 is 0 Å². The summed E-state index contributed by atoms with van der Waals surface area (Å²) in [6.45, 7) is 8.54. The van der Waals surface area contributed by atoms with Crippen molar-refractivity contribution in [1.29, 1.82) is 0 Å². The molecule has 0 aliphatic rings. The normalized spacial score (nSPS) is 12.3. The molecule has 1 atom stereocenters. The summed E-state index contributed by atoms with van der Waals surface area (Å²) in [5, 5.41) is 5.90. The minimum absolute atomic E-state index is 0. The van der Waals surface area contributed by atoms with Gasteiger partial charge in [0.1, 0.15) is 0 Å². The molecule has 2 amide bonds. The van der Waals surface area contributed by atoms with E-state index in [1.807, 2.05) is 27.7 Å². The zero-order valence-corrected chi connectivity index (χ0v) is 13.2. The van der Waals surface area contributed by atoms with Gasteiger partial charge in [-0.25, -0.2) is 0 Å². The largest absolute Gasteiger partial charge is 0.356 e. The summed E-state index contributed by atoms with van der Waals surface area (Å²) in [6.07, 6.45) is 1.06. The highest BCUT2D eigenvalue weighted by Gasteiger charge is 2.11. The Morgan fingerprint density at radius 1 is 1.22 bits per heavy atom. The Hall–Kier alpha value is -0.360. The first-order chi connectivity index (χ1) is 8.45. The van der Waals surface area contributed by atoms with Crippen LogP contribution in [0.1, 0.15) is 43.4 Å². The molecular formula is C12H28N2O2S2. The molecule has 0 aliphatic carbocycles. The molecule has 18 heavy (non-hydrogen) atoms. The summed E-state index contributed by atoms with van der Waals surface area (Å²) >= 11 is 0. The van der Waals surface area contributed by atoms with E-state index < -0.39 is 0 Å². The number of carbonyl (C=O) groups is 2. The maximum Gasteiger partial charge on any atom is 0.221 e. The second kappa shape index (κ2) is 10.6. The van der Waals surface area contributed by atoms with E-state index in [4.69, 9.17) is 0 Å². The zero-order valence-electron chi connectivity index (χ0n) is 11.6. The number of rotatable bonds is 9. The van der Waals surface area contributed by atoms with Gasteiger partial charge in [0.25, 0.3) is 0 Å². The van der Waals surface area contributed by atoms with Gasteiger partial charge < -0.3 is 10.6 Å². The summed E-state index contributed by atoms with van der Waals surface area (Å²) < 4.78 is 0. The molecule has 0 aromatic heterocycles. The van der Waals surface area contributed by atoms with Crippen LogP contribution in [0.5, 0.6) is 0 Å². The van der Waals surface area contributed by atoms with Gasteiger partial charge in [0.05, 0.1) is 0 Å². The van der Waals surface area contributed by atoms with E-state index in [0.717, 1.165) is 5.75 Å². The Bertz CT molecular complexity index is 270. The van der Waals surface area contributed by atoms with Crippen LogP contribution in [-0.4, -0.2) is 35.4 Å². The van der Waals surface area contributed by atoms with E-state index in [1.165, 1.54) is 0 Å². The topological polar surface area (TPSA) is 58.2 Å². The molecule has 110 valence electrons. The first-order valence-corrected chi connectivity index (χ1v) is 8.68. The molecule has 1 unspecified atom stereocenters. The molecule has 6 heteroatoms. The Balaban J connectivity index is -0.00000144. The van der Waals surface area contributed by atoms with Crippen LogP contribution in [0, 0.1) is 0 Å². The molecule has 0 aromatic rings. The third kappa shape index (κ3) is 10.8. The van der Waals surface area contributed by atoms with E-state index in [-0.39, 0.29) is 26.0 Å². The highest BCUT2D eigenvalue weighted by Crippen LogP contribution is 2.28. The summed E-state index contributed by atoms with van der Waals surface area (Å²) in [5.74, 6) is 0.970. The van der Waals surface area contributed by atoms with Crippen molar-refractivity contribution in [3.8, 4) is 0 Å². The molecule has 0 bridgehead atoms. The summed E-state index contributed by atoms with van der Waals surface area (Å²) in [5.41, 5.74) is 0. The van der Waals surface area contributed by atoms with Crippen LogP contribution in [0.2, 0.25) is 0 Å². The molecule has 0 radical (unpaired) electrons. The molecular weight excluding hydrogens is 268 g/mol. The van der Waals surface area contributed by atoms with Crippen LogP contribution in [0.3, 0.4) is 0 Å². The zero-order chi connectivity index (χ0) is 14.0. The van der Waals surface area contributed by atoms with Crippen LogP contribution in [0.15, 0.2) is 0 Å². The SMILES string of the molecule is CCNC(=O)CCSSC(C)CC(=O)NC(C)C.[HH].[HH]. The molecule has 2 N–H and O–H groups in total. The quantitative estimate of drug-likeness (QED) is 0.507. The van der Waals surface area contributed by atoms with Gasteiger partial charge >= 0.3 is 0 Å². The van der Waals surface area contributed by atoms with Crippen molar-refractivity contribution in [2.45, 2.75) is 51.8 Å². The number of hydrogen-bond donors (Lipinski definition) is 2. The number of hydrogen-bond acceptors (Lipinski definition) is 4. The summed E-state index contributed by atoms with van der Waals surface area (Å²) in [4.78, 5) is 22.7. The lowest BCUT2D eigenvalue weighted by molar-refractivity contribution is -0.122. The van der Waals surface area contributed by atoms with Crippen molar-refractivity contribution in [3.05, 3.63) is 0 Å². The van der Waals surface area contributed by atoms with E-state index in [0.29, 0.717) is 19.4 Å². The van der Waals surface area contributed by atoms with Gasteiger partial charge in [-0.15, -0.1) is 0 Å². The number of carbonyl (C=O) groups excluding carboxylic acids is 2. The predicted octanol–water partition coefficient (Wildman–Crippen LogP) is 2.69. The van der Waals surface area contributed by atoms with Crippen molar-refractivity contribution >= 4 is 33.4 Å². The predicted molar refractivity (Wildman–Crippen MR) is 84.9 cm³/mol. The van der Waals surface area contributed by atoms with Crippen LogP contribution in [0.25, 0.3) is 0 Å². The maximum atomic E-state index is 11.5. The van der Waals surface area contributed by atoms with Crippen molar-refractivity contribution in [3.63, 3.8) is 0 Å². The van der Waals surface area contributed by atoms with Gasteiger partial charge in [-0.1, -0.05) is 28.5 Å². The fraction of sp³-hybridized carbons (Fsp3) is 0.833. The number of nitrogens with one attached hydrogen (secondary N) is 2. The Labute approximate surface area is 121 Å². The molecule has 0 spiro atoms. The minimum atomic E-state index is 0. The van der Waals surface area contributed by atoms with Gasteiger partial charge in [0, 0.05) is 39.3 Å². The van der Waals surface area contributed by atoms with Gasteiger partial charge in [0.15, 0.2) is 0 Å². The van der Waals surface area contributed by atoms with E-state index in [9.17, 15) is 9.59 Å². The molecule has 0 rings (SSSR count). The fourth-order valence-electron chi connectivity index (χ4n) is 1.26. The highest BCUT2D eigenvalue weighted by atomic mass is 33.1. The van der Waals surface area contributed by atoms with E-state index in [1.54, 1.807) is 21.6 Å². The third-order valence-corrected chi connectivity index (χ3v) is 4.84. The Kier molecular flexibility index (Phi) is 10.3. The van der Waals surface area contributed by atoms with Gasteiger partial charge in [0.2, 0.25) is 11.8 Å². The van der Waals surface area contributed by atoms with Gasteiger partial charge in [-0.3, -0.25) is 9.59 Å². The Morgan fingerprint density at radius 3 is 2.44 bits per heavy atom. The van der Waals surface area contributed by atoms with Gasteiger partial charge in [-0.2, -0.15) is 0 Å². The van der Waals surface area contributed by atoms with Crippen LogP contribution >= 0.6 is 21.6 Å². The van der Waals surface area contributed by atoms with Gasteiger partial charge in [-0.05, 0) is 20.8 Å². The first-order valence-electron chi connectivity index (χ1n) is 6.30. The lowest BCUT2D eigenvalue weighted by Crippen LogP contribution is -2.31. The van der Waals surface area contributed by atoms with E-state index in [2.05, 4.69) is 10.6 Å². The highest BCUT2D eigenvalue weighted by molar-refractivity contribution is 8.76. The maximum absolute atomic E-state index is 11.5. The molecule has 0 heterocycles. The van der Waals surface area contributed by atoms with Crippen LogP contribution in [0.4, 0.5) is 0 Å². The molecule has 0 saturated carbocycles. The third-order valence-electron chi connectivity index (χ3n) is 1.94. The lowest BCUT2D eigenvalue weighted by Gasteiger charge is -2.12. The number of amides is 2. The average Bonchev–Trinajstić information content (AvgIpc) is 2.23. The lowest BCUT2D eigenvalue weighted by atomic mass is 10.3. The second-order valence-corrected chi connectivity index (χ2v) is 7.28. The molecule has 4 nitrogen and oxygen atoms in total. The monoisotopic (exact) mass is 296 g/mol. The standard InChI is InChI=1S/C12H24N2O2S2.2H2/c1-5-13-11(15)6-7-17-18-10(4)8-12(16)14-9(2)3;;/h9-10H,5-8H2,1-4H3,(H,13,15)(H,14,16);2*1H. The van der Waals surface area contributed by atoms with Crippen LogP contribution in [-0.2, 0) is 9.59 Å². The van der Waals surface area contributed by atoms with Crippen molar-refractivity contribution in [1.82, 2.24) is 10.6 Å².